The Morgan fingerprint density at radius 3 is 2.89 bits per heavy atom. The molecule has 3 rings (SSSR count). The molecule has 0 aliphatic carbocycles. The van der Waals surface area contributed by atoms with Gasteiger partial charge in [0.1, 0.15) is 0 Å². The Bertz CT molecular complexity index is 897. The maximum Gasteiger partial charge on any atom is 0.280 e. The third-order valence-electron chi connectivity index (χ3n) is 3.67. The van der Waals surface area contributed by atoms with E-state index in [-0.39, 0.29) is 0 Å². The van der Waals surface area contributed by atoms with E-state index >= 15 is 0 Å². The van der Waals surface area contributed by atoms with Crippen LogP contribution in [0.5, 0.6) is 0 Å². The van der Waals surface area contributed by atoms with Crippen LogP contribution < -0.4 is 10.2 Å². The molecule has 0 spiro atoms. The molecule has 144 valence electrons. The molecule has 0 saturated heterocycles. The molecule has 3 aromatic heterocycles. The molecule has 0 saturated carbocycles. The highest BCUT2D eigenvalue weighted by atomic mass is 32.2. The van der Waals surface area contributed by atoms with Crippen molar-refractivity contribution in [2.75, 3.05) is 38.2 Å². The topological polar surface area (TPSA) is 69.2 Å². The van der Waals surface area contributed by atoms with Gasteiger partial charge in [0.05, 0.1) is 6.54 Å². The standard InChI is InChI=1S/C18H25N6S3/c1-19-27-22-17(14-5-4-8-20-11-14)18(23-27)21-9-10-25-13-16-7-6-15(26-16)12-24(2)3/h4-8,11,19H,9-10,12-13H2,1-3H3,(H,21,23)/q+1. The first kappa shape index (κ1) is 20.2. The number of H-pyrrole nitrogens is 1. The van der Waals surface area contributed by atoms with Crippen LogP contribution in [0.4, 0.5) is 0 Å². The van der Waals surface area contributed by atoms with Gasteiger partial charge in [0, 0.05) is 57.2 Å². The van der Waals surface area contributed by atoms with Gasteiger partial charge in [-0.05, 0) is 38.4 Å². The smallest absolute Gasteiger partial charge is 0.280 e. The van der Waals surface area contributed by atoms with Crippen molar-refractivity contribution in [1.82, 2.24) is 18.6 Å². The summed E-state index contributed by atoms with van der Waals surface area (Å²) in [6.07, 6.45) is 3.60. The lowest BCUT2D eigenvalue weighted by molar-refractivity contribution is 0.406. The van der Waals surface area contributed by atoms with Crippen molar-refractivity contribution in [2.45, 2.75) is 12.3 Å². The van der Waals surface area contributed by atoms with Gasteiger partial charge in [-0.15, -0.1) is 15.7 Å². The number of nitrogens with one attached hydrogen (secondary N) is 2. The summed E-state index contributed by atoms with van der Waals surface area (Å²) in [4.78, 5) is 14.0. The van der Waals surface area contributed by atoms with Crippen LogP contribution in [0.25, 0.3) is 11.3 Å². The lowest BCUT2D eigenvalue weighted by Gasteiger charge is -2.05. The average molecular weight is 422 g/mol. The second kappa shape index (κ2) is 10.1. The molecule has 0 amide bonds. The van der Waals surface area contributed by atoms with Gasteiger partial charge in [-0.1, -0.05) is 4.72 Å². The van der Waals surface area contributed by atoms with Gasteiger partial charge in [0.2, 0.25) is 5.49 Å². The van der Waals surface area contributed by atoms with Crippen LogP contribution in [0, 0.1) is 0 Å². The second-order valence-electron chi connectivity index (χ2n) is 6.16. The minimum absolute atomic E-state index is 0.414. The largest absolute Gasteiger partial charge is 0.304 e. The Hall–Kier alpha value is -1.52. The molecule has 6 nitrogen and oxygen atoms in total. The fraction of sp³-hybridized carbons (Fsp3) is 0.389. The zero-order valence-corrected chi connectivity index (χ0v) is 18.3. The Morgan fingerprint density at radius 1 is 1.30 bits per heavy atom. The number of hydrogen-bond acceptors (Lipinski definition) is 7. The Morgan fingerprint density at radius 2 is 2.15 bits per heavy atom. The molecular weight excluding hydrogens is 396 g/mol. The van der Waals surface area contributed by atoms with E-state index < -0.39 is 11.0 Å². The van der Waals surface area contributed by atoms with Gasteiger partial charge in [0.15, 0.2) is 5.69 Å². The lowest BCUT2D eigenvalue weighted by Crippen LogP contribution is -2.09. The number of hydrogen-bond donors (Lipinski definition) is 2. The molecule has 0 bridgehead atoms. The highest BCUT2D eigenvalue weighted by Gasteiger charge is 2.15. The van der Waals surface area contributed by atoms with Crippen LogP contribution in [0.2, 0.25) is 0 Å². The first-order valence-corrected chi connectivity index (χ1v) is 11.8. The van der Waals surface area contributed by atoms with E-state index in [4.69, 9.17) is 4.99 Å². The molecule has 0 aliphatic rings. The van der Waals surface area contributed by atoms with Gasteiger partial charge in [0.25, 0.3) is 11.0 Å². The summed E-state index contributed by atoms with van der Waals surface area (Å²) in [6, 6.07) is 8.42. The average Bonchev–Trinajstić information content (AvgIpc) is 3.28. The van der Waals surface area contributed by atoms with E-state index in [9.17, 15) is 0 Å². The van der Waals surface area contributed by atoms with E-state index in [0.29, 0.717) is 0 Å². The van der Waals surface area contributed by atoms with E-state index in [1.54, 1.807) is 6.20 Å². The van der Waals surface area contributed by atoms with E-state index in [0.717, 1.165) is 41.3 Å². The summed E-state index contributed by atoms with van der Waals surface area (Å²) in [5.41, 5.74) is 2.73. The lowest BCUT2D eigenvalue weighted by atomic mass is 10.2. The Balaban J connectivity index is 1.57. The summed E-state index contributed by atoms with van der Waals surface area (Å²) in [5, 5.41) is 0. The monoisotopic (exact) mass is 421 g/mol. The van der Waals surface area contributed by atoms with Gasteiger partial charge >= 0.3 is 0 Å². The van der Waals surface area contributed by atoms with Crippen molar-refractivity contribution in [1.29, 1.82) is 0 Å². The molecule has 0 aromatic carbocycles. The molecule has 9 heteroatoms. The van der Waals surface area contributed by atoms with Crippen LogP contribution in [-0.2, 0) is 12.3 Å². The predicted molar refractivity (Wildman–Crippen MR) is 118 cm³/mol. The summed E-state index contributed by atoms with van der Waals surface area (Å²) >= 11 is 3.41. The summed E-state index contributed by atoms with van der Waals surface area (Å²) in [7, 11) is 6.10. The number of aromatic nitrogens is 3. The van der Waals surface area contributed by atoms with E-state index in [1.165, 1.54) is 9.75 Å². The Kier molecular flexibility index (Phi) is 7.59. The zero-order valence-electron chi connectivity index (χ0n) is 15.8. The fourth-order valence-electron chi connectivity index (χ4n) is 2.48. The summed E-state index contributed by atoms with van der Waals surface area (Å²) < 4.78 is 11.2. The first-order chi connectivity index (χ1) is 13.2. The van der Waals surface area contributed by atoms with Crippen LogP contribution in [0.15, 0.2) is 41.7 Å². The second-order valence-corrected chi connectivity index (χ2v) is 9.88. The van der Waals surface area contributed by atoms with Crippen molar-refractivity contribution in [3.05, 3.63) is 51.9 Å². The van der Waals surface area contributed by atoms with Gasteiger partial charge in [-0.2, -0.15) is 11.8 Å². The van der Waals surface area contributed by atoms with Crippen molar-refractivity contribution in [3.8, 4) is 11.3 Å². The fourth-order valence-corrected chi connectivity index (χ4v) is 5.52. The number of pyridine rings is 1. The normalized spacial score (nSPS) is 12.9. The number of aromatic amines is 1. The third kappa shape index (κ3) is 5.98. The zero-order chi connectivity index (χ0) is 19.1. The third-order valence-corrected chi connectivity index (χ3v) is 7.05. The van der Waals surface area contributed by atoms with Gasteiger partial charge < -0.3 is 4.90 Å². The minimum atomic E-state index is -0.414. The maximum absolute atomic E-state index is 4.74. The van der Waals surface area contributed by atoms with Crippen molar-refractivity contribution in [3.63, 3.8) is 0 Å². The van der Waals surface area contributed by atoms with Crippen LogP contribution in [-0.4, -0.2) is 52.1 Å². The van der Waals surface area contributed by atoms with Crippen molar-refractivity contribution >= 4 is 34.1 Å². The van der Waals surface area contributed by atoms with Gasteiger partial charge in [-0.3, -0.25) is 9.98 Å². The minimum Gasteiger partial charge on any atom is -0.304 e. The van der Waals surface area contributed by atoms with Crippen molar-refractivity contribution in [2.24, 2.45) is 4.99 Å². The van der Waals surface area contributed by atoms with E-state index in [1.807, 2.05) is 48.5 Å². The van der Waals surface area contributed by atoms with Crippen LogP contribution in [0.3, 0.4) is 0 Å². The molecule has 27 heavy (non-hydrogen) atoms. The summed E-state index contributed by atoms with van der Waals surface area (Å²) in [6.45, 7) is 1.78. The van der Waals surface area contributed by atoms with Crippen LogP contribution >= 0.6 is 34.1 Å². The number of thiophene rings is 1. The van der Waals surface area contributed by atoms with Crippen LogP contribution in [0.1, 0.15) is 9.75 Å². The highest BCUT2D eigenvalue weighted by molar-refractivity contribution is 7.98. The molecular formula is C18H25N6S3+. The van der Waals surface area contributed by atoms with Gasteiger partial charge in [-0.25, -0.2) is 0 Å². The number of thioether (sulfide) groups is 1. The maximum atomic E-state index is 4.74. The molecule has 0 radical (unpaired) electrons. The Labute approximate surface area is 171 Å². The molecule has 0 aliphatic heterocycles. The molecule has 1 unspecified atom stereocenters. The number of rotatable bonds is 9. The molecule has 3 heterocycles. The molecule has 2 N–H and O–H groups in total. The highest BCUT2D eigenvalue weighted by Crippen LogP contribution is 2.22. The van der Waals surface area contributed by atoms with E-state index in [2.05, 4.69) is 49.6 Å². The first-order valence-electron chi connectivity index (χ1n) is 8.68. The SMILES string of the molecule is CN[s+]1nc(-c2cccnc2)c(=NCCSCc2ccc(CN(C)C)s2)[nH]1. The number of nitrogens with zero attached hydrogens (tertiary/aromatic N) is 4. The molecule has 1 atom stereocenters. The quantitative estimate of drug-likeness (QED) is 0.410. The molecule has 0 fully saturated rings. The summed E-state index contributed by atoms with van der Waals surface area (Å²) in [5.74, 6) is 2.03. The molecule has 3 aromatic rings. The predicted octanol–water partition coefficient (Wildman–Crippen LogP) is 3.35. The van der Waals surface area contributed by atoms with Crippen molar-refractivity contribution < 1.29 is 0 Å².